The summed E-state index contributed by atoms with van der Waals surface area (Å²) in [6.45, 7) is 1.75. The number of nitrogens with one attached hydrogen (secondary N) is 2. The Balaban J connectivity index is 2.04. The zero-order valence-electron chi connectivity index (χ0n) is 13.1. The second-order valence-electron chi connectivity index (χ2n) is 4.82. The zero-order valence-corrected chi connectivity index (χ0v) is 13.8. The SMILES string of the molecule is COc1cc(NC(C)C(=O)Nc2ccc(Cl)cn2)cc(OC)c1. The number of benzene rings is 1. The predicted molar refractivity (Wildman–Crippen MR) is 90.5 cm³/mol. The summed E-state index contributed by atoms with van der Waals surface area (Å²) in [7, 11) is 3.14. The standard InChI is InChI=1S/C16H18ClN3O3/c1-10(16(21)20-15-5-4-11(17)9-18-15)19-12-6-13(22-2)8-14(7-12)23-3/h4-10,19H,1-3H3,(H,18,20,21). The van der Waals surface area contributed by atoms with Gasteiger partial charge in [0.25, 0.3) is 0 Å². The Morgan fingerprint density at radius 2 is 1.83 bits per heavy atom. The van der Waals surface area contributed by atoms with Crippen LogP contribution in [0.25, 0.3) is 0 Å². The normalized spacial score (nSPS) is 11.5. The Labute approximate surface area is 139 Å². The Morgan fingerprint density at radius 1 is 1.17 bits per heavy atom. The van der Waals surface area contributed by atoms with Gasteiger partial charge in [-0.3, -0.25) is 4.79 Å². The number of halogens is 1. The number of pyridine rings is 1. The quantitative estimate of drug-likeness (QED) is 0.848. The van der Waals surface area contributed by atoms with Gasteiger partial charge >= 0.3 is 0 Å². The number of anilines is 2. The molecule has 0 saturated carbocycles. The second kappa shape index (κ2) is 7.69. The molecule has 0 spiro atoms. The van der Waals surface area contributed by atoms with E-state index < -0.39 is 6.04 Å². The van der Waals surface area contributed by atoms with Crippen molar-refractivity contribution in [2.75, 3.05) is 24.9 Å². The molecule has 6 nitrogen and oxygen atoms in total. The molecule has 0 radical (unpaired) electrons. The van der Waals surface area contributed by atoms with Crippen molar-refractivity contribution >= 4 is 29.0 Å². The molecule has 0 saturated heterocycles. The van der Waals surface area contributed by atoms with Gasteiger partial charge in [0.05, 0.1) is 19.2 Å². The molecule has 7 heteroatoms. The molecule has 23 heavy (non-hydrogen) atoms. The van der Waals surface area contributed by atoms with E-state index in [1.54, 1.807) is 51.5 Å². The summed E-state index contributed by atoms with van der Waals surface area (Å²) in [6, 6.07) is 8.15. The number of methoxy groups -OCH3 is 2. The van der Waals surface area contributed by atoms with Crippen molar-refractivity contribution in [1.29, 1.82) is 0 Å². The summed E-state index contributed by atoms with van der Waals surface area (Å²) < 4.78 is 10.4. The third-order valence-corrected chi connectivity index (χ3v) is 3.33. The minimum absolute atomic E-state index is 0.221. The molecule has 2 aromatic rings. The first-order chi connectivity index (χ1) is 11.0. The first kappa shape index (κ1) is 16.9. The van der Waals surface area contributed by atoms with E-state index in [9.17, 15) is 4.79 Å². The number of carbonyl (C=O) groups excluding carboxylic acids is 1. The molecule has 1 aromatic heterocycles. The number of carbonyl (C=O) groups is 1. The molecular formula is C16H18ClN3O3. The molecule has 1 unspecified atom stereocenters. The first-order valence-electron chi connectivity index (χ1n) is 6.94. The van der Waals surface area contributed by atoms with Gasteiger partial charge in [0.15, 0.2) is 0 Å². The maximum atomic E-state index is 12.2. The van der Waals surface area contributed by atoms with Crippen LogP contribution in [-0.4, -0.2) is 31.2 Å². The first-order valence-corrected chi connectivity index (χ1v) is 7.31. The van der Waals surface area contributed by atoms with E-state index in [0.29, 0.717) is 28.0 Å². The van der Waals surface area contributed by atoms with Gasteiger partial charge in [0.2, 0.25) is 5.91 Å². The highest BCUT2D eigenvalue weighted by atomic mass is 35.5. The van der Waals surface area contributed by atoms with E-state index in [1.807, 2.05) is 0 Å². The van der Waals surface area contributed by atoms with Crippen LogP contribution in [0.2, 0.25) is 5.02 Å². The van der Waals surface area contributed by atoms with Crippen LogP contribution in [0, 0.1) is 0 Å². The van der Waals surface area contributed by atoms with Gasteiger partial charge in [0.1, 0.15) is 23.4 Å². The molecule has 122 valence electrons. The van der Waals surface area contributed by atoms with E-state index in [2.05, 4.69) is 15.6 Å². The second-order valence-corrected chi connectivity index (χ2v) is 5.25. The van der Waals surface area contributed by atoms with Crippen molar-refractivity contribution in [2.45, 2.75) is 13.0 Å². The Morgan fingerprint density at radius 3 is 2.35 bits per heavy atom. The van der Waals surface area contributed by atoms with Crippen LogP contribution in [0.1, 0.15) is 6.92 Å². The zero-order chi connectivity index (χ0) is 16.8. The lowest BCUT2D eigenvalue weighted by Gasteiger charge is -2.16. The van der Waals surface area contributed by atoms with Crippen molar-refractivity contribution in [3.8, 4) is 11.5 Å². The van der Waals surface area contributed by atoms with E-state index in [0.717, 1.165) is 0 Å². The van der Waals surface area contributed by atoms with Crippen molar-refractivity contribution in [1.82, 2.24) is 4.98 Å². The summed E-state index contributed by atoms with van der Waals surface area (Å²) in [4.78, 5) is 16.2. The number of aromatic nitrogens is 1. The summed E-state index contributed by atoms with van der Waals surface area (Å²) in [6.07, 6.45) is 1.47. The highest BCUT2D eigenvalue weighted by Gasteiger charge is 2.14. The smallest absolute Gasteiger partial charge is 0.247 e. The largest absolute Gasteiger partial charge is 0.497 e. The number of hydrogen-bond acceptors (Lipinski definition) is 5. The lowest BCUT2D eigenvalue weighted by atomic mass is 10.2. The molecule has 1 amide bonds. The molecule has 0 aliphatic heterocycles. The molecule has 2 N–H and O–H groups in total. The molecule has 1 aromatic carbocycles. The summed E-state index contributed by atoms with van der Waals surface area (Å²) in [5, 5.41) is 6.32. The number of rotatable bonds is 6. The van der Waals surface area contributed by atoms with E-state index in [-0.39, 0.29) is 5.91 Å². The minimum atomic E-state index is -0.482. The van der Waals surface area contributed by atoms with Crippen LogP contribution >= 0.6 is 11.6 Å². The number of ether oxygens (including phenoxy) is 2. The van der Waals surface area contributed by atoms with Gasteiger partial charge in [-0.25, -0.2) is 4.98 Å². The number of hydrogen-bond donors (Lipinski definition) is 2. The lowest BCUT2D eigenvalue weighted by molar-refractivity contribution is -0.116. The Kier molecular flexibility index (Phi) is 5.65. The van der Waals surface area contributed by atoms with Crippen LogP contribution in [0.5, 0.6) is 11.5 Å². The van der Waals surface area contributed by atoms with Gasteiger partial charge < -0.3 is 20.1 Å². The van der Waals surface area contributed by atoms with Gasteiger partial charge in [-0.05, 0) is 19.1 Å². The molecule has 2 rings (SSSR count). The monoisotopic (exact) mass is 335 g/mol. The van der Waals surface area contributed by atoms with Crippen molar-refractivity contribution < 1.29 is 14.3 Å². The Hall–Kier alpha value is -2.47. The average Bonchev–Trinajstić information content (AvgIpc) is 2.56. The fourth-order valence-corrected chi connectivity index (χ4v) is 2.00. The minimum Gasteiger partial charge on any atom is -0.497 e. The molecule has 0 aliphatic carbocycles. The van der Waals surface area contributed by atoms with E-state index in [4.69, 9.17) is 21.1 Å². The summed E-state index contributed by atoms with van der Waals surface area (Å²) >= 11 is 5.76. The topological polar surface area (TPSA) is 72.5 Å². The molecule has 0 bridgehead atoms. The summed E-state index contributed by atoms with van der Waals surface area (Å²) in [5.74, 6) is 1.50. The lowest BCUT2D eigenvalue weighted by Crippen LogP contribution is -2.32. The van der Waals surface area contributed by atoms with Crippen LogP contribution < -0.4 is 20.1 Å². The fraction of sp³-hybridized carbons (Fsp3) is 0.250. The van der Waals surface area contributed by atoms with Gasteiger partial charge in [-0.2, -0.15) is 0 Å². The summed E-state index contributed by atoms with van der Waals surface area (Å²) in [5.41, 5.74) is 0.716. The van der Waals surface area contributed by atoms with Crippen molar-refractivity contribution in [3.63, 3.8) is 0 Å². The third kappa shape index (κ3) is 4.75. The highest BCUT2D eigenvalue weighted by Crippen LogP contribution is 2.26. The number of nitrogens with zero attached hydrogens (tertiary/aromatic N) is 1. The average molecular weight is 336 g/mol. The molecule has 1 atom stereocenters. The van der Waals surface area contributed by atoms with Crippen LogP contribution in [0.3, 0.4) is 0 Å². The van der Waals surface area contributed by atoms with Gasteiger partial charge in [-0.15, -0.1) is 0 Å². The van der Waals surface area contributed by atoms with Crippen LogP contribution in [0.4, 0.5) is 11.5 Å². The fourth-order valence-electron chi connectivity index (χ4n) is 1.89. The highest BCUT2D eigenvalue weighted by molar-refractivity contribution is 6.30. The Bertz CT molecular complexity index is 655. The van der Waals surface area contributed by atoms with Gasteiger partial charge in [-0.1, -0.05) is 11.6 Å². The van der Waals surface area contributed by atoms with Crippen molar-refractivity contribution in [2.24, 2.45) is 0 Å². The van der Waals surface area contributed by atoms with E-state index in [1.165, 1.54) is 6.20 Å². The van der Waals surface area contributed by atoms with Crippen molar-refractivity contribution in [3.05, 3.63) is 41.6 Å². The maximum Gasteiger partial charge on any atom is 0.247 e. The maximum absolute atomic E-state index is 12.2. The molecule has 1 heterocycles. The predicted octanol–water partition coefficient (Wildman–Crippen LogP) is 3.19. The van der Waals surface area contributed by atoms with Gasteiger partial charge in [0, 0.05) is 30.1 Å². The van der Waals surface area contributed by atoms with Crippen LogP contribution in [0.15, 0.2) is 36.5 Å². The molecule has 0 fully saturated rings. The third-order valence-electron chi connectivity index (χ3n) is 3.11. The van der Waals surface area contributed by atoms with Crippen LogP contribution in [-0.2, 0) is 4.79 Å². The van der Waals surface area contributed by atoms with E-state index >= 15 is 0 Å². The molecular weight excluding hydrogens is 318 g/mol. The number of amides is 1. The molecule has 0 aliphatic rings.